The molecule has 2 rings (SSSR count). The highest BCUT2D eigenvalue weighted by molar-refractivity contribution is 5.40. The number of aromatic nitrogens is 2. The fraction of sp³-hybridized carbons (Fsp3) is 0.357. The second-order valence-electron chi connectivity index (χ2n) is 4.58. The topological polar surface area (TPSA) is 43.8 Å². The Bertz CT molecular complexity index is 523. The zero-order valence-electron chi connectivity index (χ0n) is 10.9. The molecule has 0 saturated heterocycles. The van der Waals surface area contributed by atoms with Crippen LogP contribution in [0.3, 0.4) is 0 Å². The van der Waals surface area contributed by atoms with E-state index in [1.807, 2.05) is 12.1 Å². The van der Waals surface area contributed by atoms with Crippen molar-refractivity contribution in [2.75, 3.05) is 5.73 Å². The van der Waals surface area contributed by atoms with E-state index in [-0.39, 0.29) is 6.04 Å². The van der Waals surface area contributed by atoms with Gasteiger partial charge >= 0.3 is 0 Å². The van der Waals surface area contributed by atoms with E-state index in [1.54, 1.807) is 0 Å². The highest BCUT2D eigenvalue weighted by atomic mass is 15.3. The number of nitrogen functional groups attached to an aromatic ring is 1. The van der Waals surface area contributed by atoms with Gasteiger partial charge in [0.05, 0.1) is 11.7 Å². The fourth-order valence-electron chi connectivity index (χ4n) is 2.04. The van der Waals surface area contributed by atoms with E-state index in [0.29, 0.717) is 0 Å². The number of aryl methyl sites for hydroxylation is 1. The summed E-state index contributed by atoms with van der Waals surface area (Å²) < 4.78 is 2.08. The van der Waals surface area contributed by atoms with Crippen molar-refractivity contribution >= 4 is 5.69 Å². The maximum atomic E-state index is 5.70. The molecule has 3 heteroatoms. The predicted molar refractivity (Wildman–Crippen MR) is 71.1 cm³/mol. The molecule has 0 aliphatic rings. The van der Waals surface area contributed by atoms with Crippen molar-refractivity contribution in [1.82, 2.24) is 9.78 Å². The molecular formula is C14H19N3. The standard InChI is InChI=1S/C14H19N3/c1-9-10(2)16-17(11(9)3)12(4)13-5-7-14(15)8-6-13/h5-8,12H,15H2,1-4H3. The SMILES string of the molecule is Cc1nn(C(C)c2ccc(N)cc2)c(C)c1C. The molecule has 2 aromatic rings. The van der Waals surface area contributed by atoms with E-state index in [9.17, 15) is 0 Å². The Morgan fingerprint density at radius 3 is 2.18 bits per heavy atom. The van der Waals surface area contributed by atoms with E-state index in [0.717, 1.165) is 11.4 Å². The van der Waals surface area contributed by atoms with E-state index < -0.39 is 0 Å². The van der Waals surface area contributed by atoms with E-state index in [2.05, 4.69) is 49.6 Å². The summed E-state index contributed by atoms with van der Waals surface area (Å²) in [5.41, 5.74) is 11.3. The lowest BCUT2D eigenvalue weighted by molar-refractivity contribution is 0.546. The van der Waals surface area contributed by atoms with E-state index in [4.69, 9.17) is 5.73 Å². The maximum absolute atomic E-state index is 5.70. The van der Waals surface area contributed by atoms with Gasteiger partial charge in [0.15, 0.2) is 0 Å². The summed E-state index contributed by atoms with van der Waals surface area (Å²) >= 11 is 0. The summed E-state index contributed by atoms with van der Waals surface area (Å²) in [5, 5.41) is 4.59. The van der Waals surface area contributed by atoms with Gasteiger partial charge in [-0.15, -0.1) is 0 Å². The van der Waals surface area contributed by atoms with Crippen molar-refractivity contribution in [2.24, 2.45) is 0 Å². The van der Waals surface area contributed by atoms with Gasteiger partial charge in [-0.25, -0.2) is 0 Å². The lowest BCUT2D eigenvalue weighted by Crippen LogP contribution is -2.10. The van der Waals surface area contributed by atoms with Gasteiger partial charge in [-0.3, -0.25) is 4.68 Å². The molecule has 1 unspecified atom stereocenters. The van der Waals surface area contributed by atoms with Crippen LogP contribution in [0.25, 0.3) is 0 Å². The summed E-state index contributed by atoms with van der Waals surface area (Å²) in [4.78, 5) is 0. The molecule has 1 aromatic heterocycles. The molecule has 90 valence electrons. The Balaban J connectivity index is 2.40. The van der Waals surface area contributed by atoms with Gasteiger partial charge in [-0.1, -0.05) is 12.1 Å². The van der Waals surface area contributed by atoms with Crippen LogP contribution in [-0.4, -0.2) is 9.78 Å². The first-order valence-corrected chi connectivity index (χ1v) is 5.88. The van der Waals surface area contributed by atoms with Crippen LogP contribution >= 0.6 is 0 Å². The van der Waals surface area contributed by atoms with Crippen molar-refractivity contribution in [3.63, 3.8) is 0 Å². The highest BCUT2D eigenvalue weighted by Crippen LogP contribution is 2.22. The molecule has 3 nitrogen and oxygen atoms in total. The highest BCUT2D eigenvalue weighted by Gasteiger charge is 2.14. The fourth-order valence-corrected chi connectivity index (χ4v) is 2.04. The molecule has 0 spiro atoms. The molecule has 0 bridgehead atoms. The number of nitrogens with two attached hydrogens (primary N) is 1. The average molecular weight is 229 g/mol. The number of hydrogen-bond acceptors (Lipinski definition) is 2. The molecule has 17 heavy (non-hydrogen) atoms. The third kappa shape index (κ3) is 2.05. The molecule has 0 aliphatic heterocycles. The van der Waals surface area contributed by atoms with Crippen molar-refractivity contribution in [3.8, 4) is 0 Å². The van der Waals surface area contributed by atoms with Crippen molar-refractivity contribution < 1.29 is 0 Å². The average Bonchev–Trinajstić information content (AvgIpc) is 2.57. The number of anilines is 1. The van der Waals surface area contributed by atoms with Crippen LogP contribution in [0.1, 0.15) is 35.5 Å². The number of benzene rings is 1. The van der Waals surface area contributed by atoms with Crippen LogP contribution < -0.4 is 5.73 Å². The lowest BCUT2D eigenvalue weighted by Gasteiger charge is -2.15. The molecule has 0 fully saturated rings. The maximum Gasteiger partial charge on any atom is 0.0743 e. The molecule has 1 atom stereocenters. The number of hydrogen-bond donors (Lipinski definition) is 1. The van der Waals surface area contributed by atoms with Crippen LogP contribution in [0, 0.1) is 20.8 Å². The van der Waals surface area contributed by atoms with Gasteiger partial charge in [0, 0.05) is 11.4 Å². The van der Waals surface area contributed by atoms with Gasteiger partial charge in [0.1, 0.15) is 0 Å². The second kappa shape index (κ2) is 4.24. The van der Waals surface area contributed by atoms with Gasteiger partial charge in [0.25, 0.3) is 0 Å². The van der Waals surface area contributed by atoms with E-state index >= 15 is 0 Å². The van der Waals surface area contributed by atoms with Crippen LogP contribution in [0.5, 0.6) is 0 Å². The summed E-state index contributed by atoms with van der Waals surface area (Å²) in [6, 6.07) is 8.23. The van der Waals surface area contributed by atoms with Crippen LogP contribution in [0.2, 0.25) is 0 Å². The van der Waals surface area contributed by atoms with Crippen molar-refractivity contribution in [1.29, 1.82) is 0 Å². The number of rotatable bonds is 2. The Morgan fingerprint density at radius 2 is 1.71 bits per heavy atom. The van der Waals surface area contributed by atoms with Crippen LogP contribution in [-0.2, 0) is 0 Å². The van der Waals surface area contributed by atoms with Gasteiger partial charge in [0.2, 0.25) is 0 Å². The molecule has 0 amide bonds. The zero-order chi connectivity index (χ0) is 12.6. The smallest absolute Gasteiger partial charge is 0.0743 e. The van der Waals surface area contributed by atoms with Crippen molar-refractivity contribution in [3.05, 3.63) is 46.8 Å². The molecule has 0 saturated carbocycles. The predicted octanol–water partition coefficient (Wildman–Crippen LogP) is 3.00. The first-order chi connectivity index (χ1) is 8.00. The minimum absolute atomic E-state index is 0.239. The Kier molecular flexibility index (Phi) is 2.92. The molecule has 0 radical (unpaired) electrons. The summed E-state index contributed by atoms with van der Waals surface area (Å²) in [6.45, 7) is 8.44. The minimum atomic E-state index is 0.239. The van der Waals surface area contributed by atoms with Gasteiger partial charge < -0.3 is 5.73 Å². The quantitative estimate of drug-likeness (QED) is 0.804. The van der Waals surface area contributed by atoms with Gasteiger partial charge in [-0.2, -0.15) is 5.10 Å². The largest absolute Gasteiger partial charge is 0.399 e. The Morgan fingerprint density at radius 1 is 1.12 bits per heavy atom. The normalized spacial score (nSPS) is 12.7. The number of nitrogens with zero attached hydrogens (tertiary/aromatic N) is 2. The van der Waals surface area contributed by atoms with Crippen LogP contribution in [0.4, 0.5) is 5.69 Å². The first kappa shape index (κ1) is 11.7. The monoisotopic (exact) mass is 229 g/mol. The molecule has 2 N–H and O–H groups in total. The molecule has 1 heterocycles. The third-order valence-electron chi connectivity index (χ3n) is 3.47. The zero-order valence-corrected chi connectivity index (χ0v) is 10.9. The summed E-state index contributed by atoms with van der Waals surface area (Å²) in [5.74, 6) is 0. The minimum Gasteiger partial charge on any atom is -0.399 e. The summed E-state index contributed by atoms with van der Waals surface area (Å²) in [6.07, 6.45) is 0. The Labute approximate surface area is 102 Å². The summed E-state index contributed by atoms with van der Waals surface area (Å²) in [7, 11) is 0. The molecule has 1 aromatic carbocycles. The lowest BCUT2D eigenvalue weighted by atomic mass is 10.1. The third-order valence-corrected chi connectivity index (χ3v) is 3.47. The Hall–Kier alpha value is -1.77. The van der Waals surface area contributed by atoms with Crippen molar-refractivity contribution in [2.45, 2.75) is 33.7 Å². The van der Waals surface area contributed by atoms with E-state index in [1.165, 1.54) is 16.8 Å². The second-order valence-corrected chi connectivity index (χ2v) is 4.58. The molecular weight excluding hydrogens is 210 g/mol. The van der Waals surface area contributed by atoms with Crippen LogP contribution in [0.15, 0.2) is 24.3 Å². The molecule has 0 aliphatic carbocycles. The first-order valence-electron chi connectivity index (χ1n) is 5.88. The van der Waals surface area contributed by atoms with Gasteiger partial charge in [-0.05, 0) is 51.0 Å².